The van der Waals surface area contributed by atoms with Gasteiger partial charge in [-0.25, -0.2) is 0 Å². The summed E-state index contributed by atoms with van der Waals surface area (Å²) in [6.07, 6.45) is 0. The molecular formula is C17H22N3+. The topological polar surface area (TPSA) is 33.7 Å². The van der Waals surface area contributed by atoms with E-state index in [0.717, 1.165) is 25.3 Å². The van der Waals surface area contributed by atoms with Gasteiger partial charge in [-0.2, -0.15) is 0 Å². The number of hydrogen-bond donors (Lipinski definition) is 2. The third-order valence-corrected chi connectivity index (χ3v) is 4.03. The van der Waals surface area contributed by atoms with Gasteiger partial charge in [0, 0.05) is 16.9 Å². The second-order valence-electron chi connectivity index (χ2n) is 5.49. The number of quaternary nitrogens is 1. The molecule has 3 rings (SSSR count). The van der Waals surface area contributed by atoms with Gasteiger partial charge < -0.3 is 15.5 Å². The van der Waals surface area contributed by atoms with Crippen LogP contribution in [0.1, 0.15) is 5.56 Å². The molecule has 0 bridgehead atoms. The van der Waals surface area contributed by atoms with Gasteiger partial charge in [-0.1, -0.05) is 30.3 Å². The third-order valence-electron chi connectivity index (χ3n) is 4.03. The Balaban J connectivity index is 1.55. The van der Waals surface area contributed by atoms with Gasteiger partial charge in [0.15, 0.2) is 0 Å². The van der Waals surface area contributed by atoms with Gasteiger partial charge in [-0.15, -0.1) is 0 Å². The zero-order valence-electron chi connectivity index (χ0n) is 11.8. The number of rotatable bonds is 3. The van der Waals surface area contributed by atoms with Crippen LogP contribution in [0.15, 0.2) is 54.6 Å². The third kappa shape index (κ3) is 3.11. The van der Waals surface area contributed by atoms with Gasteiger partial charge in [0.05, 0.1) is 26.2 Å². The Kier molecular flexibility index (Phi) is 3.88. The highest BCUT2D eigenvalue weighted by molar-refractivity contribution is 5.53. The summed E-state index contributed by atoms with van der Waals surface area (Å²) >= 11 is 0. The Hall–Kier alpha value is -2.00. The number of nitrogens with zero attached hydrogens (tertiary/aromatic N) is 1. The maximum atomic E-state index is 5.74. The van der Waals surface area contributed by atoms with E-state index in [1.54, 1.807) is 4.90 Å². The van der Waals surface area contributed by atoms with Crippen molar-refractivity contribution >= 4 is 11.4 Å². The molecule has 1 fully saturated rings. The molecule has 2 aromatic rings. The summed E-state index contributed by atoms with van der Waals surface area (Å²) in [6.45, 7) is 5.76. The number of hydrogen-bond acceptors (Lipinski definition) is 2. The van der Waals surface area contributed by atoms with Crippen LogP contribution in [0, 0.1) is 0 Å². The molecule has 3 N–H and O–H groups in total. The SMILES string of the molecule is Nc1ccc(N2CC[NH+](Cc3ccccc3)CC2)cc1. The number of piperazine rings is 1. The molecule has 0 unspecified atom stereocenters. The molecule has 2 aromatic carbocycles. The van der Waals surface area contributed by atoms with E-state index in [1.807, 2.05) is 12.1 Å². The van der Waals surface area contributed by atoms with Gasteiger partial charge in [-0.05, 0) is 24.3 Å². The molecule has 1 saturated heterocycles. The quantitative estimate of drug-likeness (QED) is 0.820. The van der Waals surface area contributed by atoms with Crippen molar-refractivity contribution in [1.82, 2.24) is 0 Å². The fraction of sp³-hybridized carbons (Fsp3) is 0.294. The average Bonchev–Trinajstić information content (AvgIpc) is 2.50. The summed E-state index contributed by atoms with van der Waals surface area (Å²) in [6, 6.07) is 19.0. The predicted molar refractivity (Wildman–Crippen MR) is 83.9 cm³/mol. The summed E-state index contributed by atoms with van der Waals surface area (Å²) in [5.74, 6) is 0. The first kappa shape index (κ1) is 13.0. The summed E-state index contributed by atoms with van der Waals surface area (Å²) in [7, 11) is 0. The van der Waals surface area contributed by atoms with Crippen molar-refractivity contribution in [3.8, 4) is 0 Å². The van der Waals surface area contributed by atoms with E-state index in [0.29, 0.717) is 0 Å². The minimum absolute atomic E-state index is 0.835. The second kappa shape index (κ2) is 5.97. The van der Waals surface area contributed by atoms with Crippen molar-refractivity contribution < 1.29 is 4.90 Å². The predicted octanol–water partition coefficient (Wildman–Crippen LogP) is 1.17. The highest BCUT2D eigenvalue weighted by Gasteiger charge is 2.20. The molecule has 0 radical (unpaired) electrons. The lowest BCUT2D eigenvalue weighted by Crippen LogP contribution is -3.13. The fourth-order valence-electron chi connectivity index (χ4n) is 2.83. The minimum Gasteiger partial charge on any atom is -0.399 e. The van der Waals surface area contributed by atoms with Gasteiger partial charge in [0.25, 0.3) is 0 Å². The Morgan fingerprint density at radius 1 is 0.900 bits per heavy atom. The normalized spacial score (nSPS) is 16.3. The zero-order chi connectivity index (χ0) is 13.8. The summed E-state index contributed by atoms with van der Waals surface area (Å²) in [4.78, 5) is 4.12. The monoisotopic (exact) mass is 268 g/mol. The van der Waals surface area contributed by atoms with Crippen LogP contribution in [0.25, 0.3) is 0 Å². The molecule has 3 nitrogen and oxygen atoms in total. The fourth-order valence-corrected chi connectivity index (χ4v) is 2.83. The molecule has 104 valence electrons. The van der Waals surface area contributed by atoms with Crippen LogP contribution in [-0.2, 0) is 6.54 Å². The molecule has 0 aliphatic carbocycles. The minimum atomic E-state index is 0.835. The van der Waals surface area contributed by atoms with Crippen molar-refractivity contribution in [3.05, 3.63) is 60.2 Å². The van der Waals surface area contributed by atoms with Crippen molar-refractivity contribution in [3.63, 3.8) is 0 Å². The number of nitrogens with one attached hydrogen (secondary N) is 1. The standard InChI is InChI=1S/C17H21N3/c18-16-6-8-17(9-7-16)20-12-10-19(11-13-20)14-15-4-2-1-3-5-15/h1-9H,10-14,18H2/p+1. The maximum absolute atomic E-state index is 5.74. The average molecular weight is 268 g/mol. The molecule has 1 heterocycles. The van der Waals surface area contributed by atoms with Gasteiger partial charge in [0.1, 0.15) is 6.54 Å². The van der Waals surface area contributed by atoms with Crippen LogP contribution in [0.3, 0.4) is 0 Å². The Morgan fingerprint density at radius 2 is 1.55 bits per heavy atom. The Morgan fingerprint density at radius 3 is 2.20 bits per heavy atom. The first-order valence-electron chi connectivity index (χ1n) is 7.29. The number of anilines is 2. The Bertz CT molecular complexity index is 528. The molecule has 3 heteroatoms. The van der Waals surface area contributed by atoms with E-state index in [2.05, 4.69) is 47.4 Å². The maximum Gasteiger partial charge on any atom is 0.103 e. The lowest BCUT2D eigenvalue weighted by Gasteiger charge is -2.33. The smallest absolute Gasteiger partial charge is 0.103 e. The number of nitrogen functional groups attached to an aromatic ring is 1. The van der Waals surface area contributed by atoms with Crippen LogP contribution in [0.5, 0.6) is 0 Å². The Labute approximate surface area is 120 Å². The first-order chi connectivity index (χ1) is 9.81. The van der Waals surface area contributed by atoms with Crippen LogP contribution < -0.4 is 15.5 Å². The first-order valence-corrected chi connectivity index (χ1v) is 7.29. The van der Waals surface area contributed by atoms with Crippen LogP contribution >= 0.6 is 0 Å². The van der Waals surface area contributed by atoms with E-state index in [9.17, 15) is 0 Å². The van der Waals surface area contributed by atoms with Crippen LogP contribution in [0.4, 0.5) is 11.4 Å². The van der Waals surface area contributed by atoms with E-state index in [1.165, 1.54) is 24.3 Å². The van der Waals surface area contributed by atoms with Gasteiger partial charge >= 0.3 is 0 Å². The van der Waals surface area contributed by atoms with Crippen molar-refractivity contribution in [2.45, 2.75) is 6.54 Å². The van der Waals surface area contributed by atoms with Crippen molar-refractivity contribution in [1.29, 1.82) is 0 Å². The van der Waals surface area contributed by atoms with Gasteiger partial charge in [-0.3, -0.25) is 0 Å². The van der Waals surface area contributed by atoms with Crippen molar-refractivity contribution in [2.75, 3.05) is 36.8 Å². The lowest BCUT2D eigenvalue weighted by atomic mass is 10.2. The van der Waals surface area contributed by atoms with E-state index in [-0.39, 0.29) is 0 Å². The largest absolute Gasteiger partial charge is 0.399 e. The summed E-state index contributed by atoms with van der Waals surface area (Å²) < 4.78 is 0. The second-order valence-corrected chi connectivity index (χ2v) is 5.49. The molecule has 0 aromatic heterocycles. The molecule has 0 saturated carbocycles. The van der Waals surface area contributed by atoms with Crippen molar-refractivity contribution in [2.24, 2.45) is 0 Å². The van der Waals surface area contributed by atoms with Gasteiger partial charge in [0.2, 0.25) is 0 Å². The molecule has 0 spiro atoms. The molecule has 1 aliphatic rings. The molecule has 20 heavy (non-hydrogen) atoms. The molecule has 1 aliphatic heterocycles. The highest BCUT2D eigenvalue weighted by Crippen LogP contribution is 2.15. The zero-order valence-corrected chi connectivity index (χ0v) is 11.8. The van der Waals surface area contributed by atoms with E-state index in [4.69, 9.17) is 5.73 Å². The van der Waals surface area contributed by atoms with E-state index >= 15 is 0 Å². The number of benzene rings is 2. The molecule has 0 amide bonds. The molecule has 0 atom stereocenters. The lowest BCUT2D eigenvalue weighted by molar-refractivity contribution is -0.914. The van der Waals surface area contributed by atoms with Crippen LogP contribution in [-0.4, -0.2) is 26.2 Å². The summed E-state index contributed by atoms with van der Waals surface area (Å²) in [5, 5.41) is 0. The molecular weight excluding hydrogens is 246 g/mol. The van der Waals surface area contributed by atoms with E-state index < -0.39 is 0 Å². The highest BCUT2D eigenvalue weighted by atomic mass is 15.3. The number of nitrogens with two attached hydrogens (primary N) is 1. The van der Waals surface area contributed by atoms with Crippen LogP contribution in [0.2, 0.25) is 0 Å². The summed E-state index contributed by atoms with van der Waals surface area (Å²) in [5.41, 5.74) is 9.30.